The smallest absolute Gasteiger partial charge is 0.264 e. The van der Waals surface area contributed by atoms with E-state index < -0.39 is 28.5 Å². The van der Waals surface area contributed by atoms with Gasteiger partial charge in [-0.15, -0.1) is 0 Å². The van der Waals surface area contributed by atoms with Gasteiger partial charge in [0.25, 0.3) is 10.0 Å². The van der Waals surface area contributed by atoms with Gasteiger partial charge >= 0.3 is 0 Å². The van der Waals surface area contributed by atoms with Crippen molar-refractivity contribution in [1.82, 2.24) is 10.2 Å². The van der Waals surface area contributed by atoms with Gasteiger partial charge in [0.15, 0.2) is 0 Å². The Morgan fingerprint density at radius 1 is 0.814 bits per heavy atom. The van der Waals surface area contributed by atoms with E-state index in [9.17, 15) is 18.0 Å². The van der Waals surface area contributed by atoms with Crippen LogP contribution < -0.4 is 9.62 Å². The van der Waals surface area contributed by atoms with Gasteiger partial charge in [0.2, 0.25) is 11.8 Å². The highest BCUT2D eigenvalue weighted by Gasteiger charge is 2.35. The molecule has 1 atom stereocenters. The second kappa shape index (κ2) is 14.4. The number of benzene rings is 4. The van der Waals surface area contributed by atoms with Gasteiger partial charge in [-0.1, -0.05) is 96.0 Å². The number of amides is 2. The molecular formula is C34H36ClN3O4S. The molecule has 0 aromatic heterocycles. The summed E-state index contributed by atoms with van der Waals surface area (Å²) in [6.45, 7) is 5.47. The molecule has 0 radical (unpaired) electrons. The number of nitrogens with zero attached hydrogens (tertiary/aromatic N) is 2. The van der Waals surface area contributed by atoms with Gasteiger partial charge in [0, 0.05) is 24.5 Å². The molecule has 0 aliphatic rings. The Bertz CT molecular complexity index is 1650. The van der Waals surface area contributed by atoms with Crippen LogP contribution in [-0.2, 0) is 32.6 Å². The van der Waals surface area contributed by atoms with Crippen molar-refractivity contribution in [3.63, 3.8) is 0 Å². The van der Waals surface area contributed by atoms with Crippen LogP contribution in [0.5, 0.6) is 0 Å². The zero-order valence-corrected chi connectivity index (χ0v) is 26.1. The van der Waals surface area contributed by atoms with Crippen LogP contribution in [0.1, 0.15) is 29.2 Å². The summed E-state index contributed by atoms with van der Waals surface area (Å²) >= 11 is 6.42. The molecule has 0 saturated heterocycles. The maximum Gasteiger partial charge on any atom is 0.264 e. The molecule has 0 aliphatic carbocycles. The molecule has 1 N–H and O–H groups in total. The highest BCUT2D eigenvalue weighted by molar-refractivity contribution is 7.92. The number of sulfonamides is 1. The van der Waals surface area contributed by atoms with Gasteiger partial charge in [-0.3, -0.25) is 13.9 Å². The first-order valence-electron chi connectivity index (χ1n) is 14.1. The number of aryl methyl sites for hydroxylation is 1. The highest BCUT2D eigenvalue weighted by atomic mass is 35.5. The van der Waals surface area contributed by atoms with Crippen molar-refractivity contribution in [3.05, 3.63) is 130 Å². The van der Waals surface area contributed by atoms with Crippen molar-refractivity contribution in [3.8, 4) is 0 Å². The number of rotatable bonds is 12. The number of carbonyl (C=O) groups excluding carboxylic acids is 2. The van der Waals surface area contributed by atoms with Crippen LogP contribution >= 0.6 is 11.6 Å². The van der Waals surface area contributed by atoms with Gasteiger partial charge in [-0.05, 0) is 61.7 Å². The lowest BCUT2D eigenvalue weighted by molar-refractivity contribution is -0.140. The second-order valence-corrected chi connectivity index (χ2v) is 12.6. The lowest BCUT2D eigenvalue weighted by Gasteiger charge is -2.34. The number of anilines is 1. The predicted octanol–water partition coefficient (Wildman–Crippen LogP) is 5.93. The monoisotopic (exact) mass is 617 g/mol. The number of likely N-dealkylation sites (N-methyl/N-ethyl adjacent to an activating group) is 1. The molecule has 43 heavy (non-hydrogen) atoms. The first-order valence-corrected chi connectivity index (χ1v) is 15.9. The van der Waals surface area contributed by atoms with Crippen molar-refractivity contribution in [2.45, 2.75) is 44.7 Å². The number of hydrogen-bond acceptors (Lipinski definition) is 4. The van der Waals surface area contributed by atoms with Crippen molar-refractivity contribution in [1.29, 1.82) is 0 Å². The van der Waals surface area contributed by atoms with E-state index in [4.69, 9.17) is 11.6 Å². The first kappa shape index (κ1) is 31.8. The van der Waals surface area contributed by atoms with Gasteiger partial charge in [0.05, 0.1) is 10.6 Å². The molecular weight excluding hydrogens is 582 g/mol. The third-order valence-corrected chi connectivity index (χ3v) is 9.40. The van der Waals surface area contributed by atoms with E-state index in [2.05, 4.69) is 5.32 Å². The molecule has 0 bridgehead atoms. The number of carbonyl (C=O) groups is 2. The lowest BCUT2D eigenvalue weighted by atomic mass is 10.0. The van der Waals surface area contributed by atoms with Crippen LogP contribution in [0.15, 0.2) is 108 Å². The van der Waals surface area contributed by atoms with E-state index in [1.165, 1.54) is 17.0 Å². The molecule has 0 heterocycles. The van der Waals surface area contributed by atoms with Crippen molar-refractivity contribution >= 4 is 39.1 Å². The number of nitrogens with one attached hydrogen (secondary N) is 1. The molecule has 4 rings (SSSR count). The van der Waals surface area contributed by atoms with Crippen LogP contribution in [0.3, 0.4) is 0 Å². The fourth-order valence-corrected chi connectivity index (χ4v) is 6.50. The molecule has 0 unspecified atom stereocenters. The lowest BCUT2D eigenvalue weighted by Crippen LogP contribution is -2.53. The molecule has 9 heteroatoms. The van der Waals surface area contributed by atoms with Gasteiger partial charge in [0.1, 0.15) is 12.6 Å². The average molecular weight is 618 g/mol. The average Bonchev–Trinajstić information content (AvgIpc) is 3.01. The Labute approximate surface area is 259 Å². The van der Waals surface area contributed by atoms with E-state index in [0.717, 1.165) is 21.0 Å². The number of halogens is 1. The molecule has 0 spiro atoms. The van der Waals surface area contributed by atoms with E-state index >= 15 is 0 Å². The zero-order valence-electron chi connectivity index (χ0n) is 24.5. The fourth-order valence-electron chi connectivity index (χ4n) is 4.84. The third kappa shape index (κ3) is 7.83. The molecule has 224 valence electrons. The topological polar surface area (TPSA) is 86.8 Å². The molecule has 2 amide bonds. The summed E-state index contributed by atoms with van der Waals surface area (Å²) in [5.74, 6) is -0.838. The quantitative estimate of drug-likeness (QED) is 0.214. The van der Waals surface area contributed by atoms with Gasteiger partial charge < -0.3 is 10.2 Å². The maximum absolute atomic E-state index is 14.4. The summed E-state index contributed by atoms with van der Waals surface area (Å²) in [6, 6.07) is 29.2. The molecule has 0 aliphatic heterocycles. The van der Waals surface area contributed by atoms with Crippen LogP contribution in [0.2, 0.25) is 5.02 Å². The summed E-state index contributed by atoms with van der Waals surface area (Å²) in [5.41, 5.74) is 3.56. The van der Waals surface area contributed by atoms with E-state index in [0.29, 0.717) is 17.1 Å². The summed E-state index contributed by atoms with van der Waals surface area (Å²) in [5, 5.41) is 3.25. The van der Waals surface area contributed by atoms with Crippen LogP contribution in [0.4, 0.5) is 5.69 Å². The van der Waals surface area contributed by atoms with Crippen molar-refractivity contribution in [2.24, 2.45) is 0 Å². The Hall–Kier alpha value is -4.14. The minimum Gasteiger partial charge on any atom is -0.355 e. The van der Waals surface area contributed by atoms with E-state index in [1.54, 1.807) is 43.3 Å². The first-order chi connectivity index (χ1) is 20.6. The molecule has 0 fully saturated rings. The molecule has 7 nitrogen and oxygen atoms in total. The minimum absolute atomic E-state index is 0.0387. The Morgan fingerprint density at radius 2 is 1.44 bits per heavy atom. The highest BCUT2D eigenvalue weighted by Crippen LogP contribution is 2.31. The predicted molar refractivity (Wildman–Crippen MR) is 172 cm³/mol. The Balaban J connectivity index is 1.81. The SMILES string of the molecule is CCNC(=O)[C@@H](Cc1ccccc1)N(Cc1ccc(C)cc1)C(=O)CN(c1cccc(Cl)c1C)S(=O)(=O)c1ccccc1. The normalized spacial score (nSPS) is 11.9. The van der Waals surface area contributed by atoms with Crippen molar-refractivity contribution in [2.75, 3.05) is 17.4 Å². The van der Waals surface area contributed by atoms with Crippen LogP contribution in [-0.4, -0.2) is 44.3 Å². The Kier molecular flexibility index (Phi) is 10.6. The standard InChI is InChI=1S/C34H36ClN3O4S/c1-4-36-34(40)32(22-27-12-7-5-8-13-27)37(23-28-20-18-25(2)19-21-28)33(39)24-38(31-17-11-16-30(35)26(31)3)43(41,42)29-14-9-6-10-15-29/h5-21,32H,4,22-24H2,1-3H3,(H,36,40)/t32-/m1/s1. The van der Waals surface area contributed by atoms with Crippen molar-refractivity contribution < 1.29 is 18.0 Å². The minimum atomic E-state index is -4.19. The summed E-state index contributed by atoms with van der Waals surface area (Å²) in [4.78, 5) is 29.5. The molecule has 4 aromatic carbocycles. The largest absolute Gasteiger partial charge is 0.355 e. The second-order valence-electron chi connectivity index (χ2n) is 10.3. The summed E-state index contributed by atoms with van der Waals surface area (Å²) in [7, 11) is -4.19. The van der Waals surface area contributed by atoms with E-state index in [-0.39, 0.29) is 29.5 Å². The summed E-state index contributed by atoms with van der Waals surface area (Å²) < 4.78 is 29.2. The zero-order chi connectivity index (χ0) is 31.0. The molecule has 0 saturated carbocycles. The summed E-state index contributed by atoms with van der Waals surface area (Å²) in [6.07, 6.45) is 0.256. The fraction of sp³-hybridized carbons (Fsp3) is 0.235. The van der Waals surface area contributed by atoms with E-state index in [1.807, 2.05) is 68.4 Å². The van der Waals surface area contributed by atoms with Gasteiger partial charge in [-0.25, -0.2) is 8.42 Å². The third-order valence-electron chi connectivity index (χ3n) is 7.21. The van der Waals surface area contributed by atoms with Gasteiger partial charge in [-0.2, -0.15) is 0 Å². The maximum atomic E-state index is 14.4. The number of hydrogen-bond donors (Lipinski definition) is 1. The van der Waals surface area contributed by atoms with Crippen LogP contribution in [0.25, 0.3) is 0 Å². The molecule has 4 aromatic rings. The van der Waals surface area contributed by atoms with Crippen LogP contribution in [0, 0.1) is 13.8 Å². The Morgan fingerprint density at radius 3 is 2.07 bits per heavy atom.